The van der Waals surface area contributed by atoms with Crippen molar-refractivity contribution in [2.45, 2.75) is 12.7 Å². The maximum absolute atomic E-state index is 13.4. The van der Waals surface area contributed by atoms with Crippen molar-refractivity contribution in [1.82, 2.24) is 0 Å². The fourth-order valence-electron chi connectivity index (χ4n) is 3.70. The SMILES string of the molecule is C=Cc1ccc(COCCOc2cccc(C(OC(=O)c3ccccc3)C(=O)c3ccccc3)c2)cc1. The predicted molar refractivity (Wildman–Crippen MR) is 143 cm³/mol. The molecular formula is C32H28O5. The molecule has 186 valence electrons. The van der Waals surface area contributed by atoms with Crippen LogP contribution < -0.4 is 4.74 Å². The minimum atomic E-state index is -1.12. The Morgan fingerprint density at radius 1 is 0.757 bits per heavy atom. The third-order valence-corrected chi connectivity index (χ3v) is 5.67. The number of carbonyl (C=O) groups excluding carboxylic acids is 2. The van der Waals surface area contributed by atoms with Gasteiger partial charge in [0.05, 0.1) is 18.8 Å². The monoisotopic (exact) mass is 492 g/mol. The smallest absolute Gasteiger partial charge is 0.339 e. The standard InChI is InChI=1S/C32H28O5/c1-2-24-16-18-25(19-17-24)23-35-20-21-36-29-15-9-14-28(22-29)31(30(33)26-10-5-3-6-11-26)37-32(34)27-12-7-4-8-13-27/h2-19,22,31H,1,20-21,23H2. The number of esters is 1. The molecule has 0 radical (unpaired) electrons. The molecule has 4 aromatic rings. The van der Waals surface area contributed by atoms with Crippen molar-refractivity contribution in [2.24, 2.45) is 0 Å². The van der Waals surface area contributed by atoms with Gasteiger partial charge in [-0.1, -0.05) is 97.6 Å². The molecule has 0 saturated carbocycles. The molecule has 1 atom stereocenters. The summed E-state index contributed by atoms with van der Waals surface area (Å²) >= 11 is 0. The van der Waals surface area contributed by atoms with E-state index in [2.05, 4.69) is 6.58 Å². The van der Waals surface area contributed by atoms with Crippen molar-refractivity contribution in [2.75, 3.05) is 13.2 Å². The fraction of sp³-hybridized carbons (Fsp3) is 0.125. The normalized spacial score (nSPS) is 11.4. The maximum atomic E-state index is 13.4. The Balaban J connectivity index is 1.41. The second-order valence-electron chi connectivity index (χ2n) is 8.30. The molecule has 0 fully saturated rings. The first-order valence-electron chi connectivity index (χ1n) is 12.0. The summed E-state index contributed by atoms with van der Waals surface area (Å²) in [6.45, 7) is 4.95. The van der Waals surface area contributed by atoms with E-state index >= 15 is 0 Å². The summed E-state index contributed by atoms with van der Waals surface area (Å²) in [4.78, 5) is 26.2. The van der Waals surface area contributed by atoms with Gasteiger partial charge in [-0.15, -0.1) is 0 Å². The van der Waals surface area contributed by atoms with Crippen LogP contribution in [0.4, 0.5) is 0 Å². The van der Waals surface area contributed by atoms with Gasteiger partial charge in [0.15, 0.2) is 6.10 Å². The summed E-state index contributed by atoms with van der Waals surface area (Å²) in [5, 5.41) is 0. The molecular weight excluding hydrogens is 464 g/mol. The Kier molecular flexibility index (Phi) is 9.00. The average molecular weight is 493 g/mol. The highest BCUT2D eigenvalue weighted by Crippen LogP contribution is 2.27. The van der Waals surface area contributed by atoms with E-state index < -0.39 is 12.1 Å². The van der Waals surface area contributed by atoms with Crippen LogP contribution in [0.5, 0.6) is 5.75 Å². The molecule has 4 aromatic carbocycles. The summed E-state index contributed by atoms with van der Waals surface area (Å²) in [5.74, 6) is -0.332. The van der Waals surface area contributed by atoms with Crippen molar-refractivity contribution in [1.29, 1.82) is 0 Å². The van der Waals surface area contributed by atoms with E-state index in [1.54, 1.807) is 78.9 Å². The number of Topliss-reactive ketones (excluding diaryl/α,β-unsaturated/α-hetero) is 1. The van der Waals surface area contributed by atoms with E-state index in [9.17, 15) is 9.59 Å². The number of ether oxygens (including phenoxy) is 3. The molecule has 0 amide bonds. The summed E-state index contributed by atoms with van der Waals surface area (Å²) < 4.78 is 17.3. The van der Waals surface area contributed by atoms with Crippen molar-refractivity contribution >= 4 is 17.8 Å². The molecule has 37 heavy (non-hydrogen) atoms. The minimum Gasteiger partial charge on any atom is -0.491 e. The number of rotatable bonds is 12. The quantitative estimate of drug-likeness (QED) is 0.125. The Hall–Kier alpha value is -4.48. The van der Waals surface area contributed by atoms with Crippen molar-refractivity contribution in [3.63, 3.8) is 0 Å². The van der Waals surface area contributed by atoms with Crippen LogP contribution >= 0.6 is 0 Å². The molecule has 1 unspecified atom stereocenters. The molecule has 0 heterocycles. The number of hydrogen-bond acceptors (Lipinski definition) is 5. The molecule has 0 aliphatic carbocycles. The molecule has 0 N–H and O–H groups in total. The third-order valence-electron chi connectivity index (χ3n) is 5.67. The molecule has 0 aromatic heterocycles. The Labute approximate surface area is 216 Å². The van der Waals surface area contributed by atoms with Gasteiger partial charge in [0.1, 0.15) is 12.4 Å². The van der Waals surface area contributed by atoms with Gasteiger partial charge in [-0.25, -0.2) is 4.79 Å². The second kappa shape index (κ2) is 13.0. The van der Waals surface area contributed by atoms with Gasteiger partial charge < -0.3 is 14.2 Å². The van der Waals surface area contributed by atoms with Crippen molar-refractivity contribution in [3.05, 3.63) is 144 Å². The molecule has 5 nitrogen and oxygen atoms in total. The maximum Gasteiger partial charge on any atom is 0.339 e. The van der Waals surface area contributed by atoms with Crippen LogP contribution in [0.2, 0.25) is 0 Å². The average Bonchev–Trinajstić information content (AvgIpc) is 2.96. The summed E-state index contributed by atoms with van der Waals surface area (Å²) in [6, 6.07) is 32.4. The zero-order valence-electron chi connectivity index (χ0n) is 20.4. The number of hydrogen-bond donors (Lipinski definition) is 0. The van der Waals surface area contributed by atoms with E-state index in [0.717, 1.165) is 11.1 Å². The van der Waals surface area contributed by atoms with Gasteiger partial charge in [-0.3, -0.25) is 4.79 Å². The highest BCUT2D eigenvalue weighted by atomic mass is 16.5. The third kappa shape index (κ3) is 7.26. The lowest BCUT2D eigenvalue weighted by Crippen LogP contribution is -2.20. The zero-order chi connectivity index (χ0) is 25.9. The molecule has 5 heteroatoms. The number of benzene rings is 4. The van der Waals surface area contributed by atoms with Gasteiger partial charge in [-0.05, 0) is 35.4 Å². The zero-order valence-corrected chi connectivity index (χ0v) is 20.4. The van der Waals surface area contributed by atoms with Crippen LogP contribution in [0.3, 0.4) is 0 Å². The van der Waals surface area contributed by atoms with E-state index in [0.29, 0.717) is 42.3 Å². The first-order valence-corrected chi connectivity index (χ1v) is 12.0. The summed E-state index contributed by atoms with van der Waals surface area (Å²) in [6.07, 6.45) is 0.682. The van der Waals surface area contributed by atoms with Crippen molar-refractivity contribution in [3.8, 4) is 5.75 Å². The lowest BCUT2D eigenvalue weighted by molar-refractivity contribution is 0.0279. The van der Waals surface area contributed by atoms with Gasteiger partial charge >= 0.3 is 5.97 Å². The Morgan fingerprint density at radius 2 is 1.43 bits per heavy atom. The van der Waals surface area contributed by atoms with E-state index in [-0.39, 0.29) is 5.78 Å². The summed E-state index contributed by atoms with van der Waals surface area (Å²) in [5.41, 5.74) is 3.48. The highest BCUT2D eigenvalue weighted by Gasteiger charge is 2.27. The van der Waals surface area contributed by atoms with Crippen LogP contribution in [-0.2, 0) is 16.1 Å². The van der Waals surface area contributed by atoms with Crippen LogP contribution in [0.1, 0.15) is 43.5 Å². The molecule has 0 saturated heterocycles. The van der Waals surface area contributed by atoms with Gasteiger partial charge in [0.25, 0.3) is 0 Å². The second-order valence-corrected chi connectivity index (χ2v) is 8.30. The number of carbonyl (C=O) groups is 2. The fourth-order valence-corrected chi connectivity index (χ4v) is 3.70. The Bertz CT molecular complexity index is 1310. The highest BCUT2D eigenvalue weighted by molar-refractivity contribution is 6.02. The molecule has 4 rings (SSSR count). The van der Waals surface area contributed by atoms with Crippen molar-refractivity contribution < 1.29 is 23.8 Å². The van der Waals surface area contributed by atoms with Crippen LogP contribution in [0, 0.1) is 0 Å². The first-order chi connectivity index (χ1) is 18.1. The molecule has 0 bridgehead atoms. The topological polar surface area (TPSA) is 61.8 Å². The van der Waals surface area contributed by atoms with Crippen LogP contribution in [0.25, 0.3) is 6.08 Å². The lowest BCUT2D eigenvalue weighted by atomic mass is 9.99. The van der Waals surface area contributed by atoms with Gasteiger partial charge in [0, 0.05) is 11.1 Å². The van der Waals surface area contributed by atoms with E-state index in [1.165, 1.54) is 0 Å². The largest absolute Gasteiger partial charge is 0.491 e. The predicted octanol–water partition coefficient (Wildman–Crippen LogP) is 6.71. The van der Waals surface area contributed by atoms with Gasteiger partial charge in [0.2, 0.25) is 5.78 Å². The minimum absolute atomic E-state index is 0.312. The van der Waals surface area contributed by atoms with Crippen LogP contribution in [0.15, 0.2) is 116 Å². The Morgan fingerprint density at radius 3 is 2.11 bits per heavy atom. The molecule has 0 aliphatic rings. The lowest BCUT2D eigenvalue weighted by Gasteiger charge is -2.18. The van der Waals surface area contributed by atoms with E-state index in [1.807, 2.05) is 36.4 Å². The van der Waals surface area contributed by atoms with Gasteiger partial charge in [-0.2, -0.15) is 0 Å². The molecule has 0 aliphatic heterocycles. The summed E-state index contributed by atoms with van der Waals surface area (Å²) in [7, 11) is 0. The molecule has 0 spiro atoms. The first kappa shape index (κ1) is 25.6. The van der Waals surface area contributed by atoms with Crippen LogP contribution in [-0.4, -0.2) is 25.0 Å². The van der Waals surface area contributed by atoms with E-state index in [4.69, 9.17) is 14.2 Å². The number of ketones is 1.